The van der Waals surface area contributed by atoms with Crippen molar-refractivity contribution in [2.24, 2.45) is 5.73 Å². The Morgan fingerprint density at radius 2 is 2.22 bits per heavy atom. The Bertz CT molecular complexity index is 104. The molecule has 5 heteroatoms. The molecule has 0 bridgehead atoms. The van der Waals surface area contributed by atoms with Crippen LogP contribution < -0.4 is 5.73 Å². The lowest BCUT2D eigenvalue weighted by molar-refractivity contribution is -0.486. The highest BCUT2D eigenvalue weighted by molar-refractivity contribution is 4.52. The molecule has 54 valence electrons. The zero-order valence-electron chi connectivity index (χ0n) is 5.57. The average Bonchev–Trinajstić information content (AvgIpc) is 1.63. The zero-order valence-corrected chi connectivity index (χ0v) is 5.57. The minimum Gasteiger partial charge on any atom is -0.310 e. The number of hydrogen-bond donors (Lipinski definition) is 1. The number of likely N-dealkylation sites (N-methyl/N-ethyl adjacent to an activating group) is 1. The second-order valence-electron chi connectivity index (χ2n) is 2.05. The number of nitrogens with two attached hydrogens (primary N) is 1. The van der Waals surface area contributed by atoms with E-state index in [4.69, 9.17) is 5.73 Å². The molecule has 0 fully saturated rings. The summed E-state index contributed by atoms with van der Waals surface area (Å²) in [5.41, 5.74) is 5.30. The van der Waals surface area contributed by atoms with Crippen molar-refractivity contribution in [3.05, 3.63) is 10.1 Å². The summed E-state index contributed by atoms with van der Waals surface area (Å²) < 4.78 is 0. The van der Waals surface area contributed by atoms with Crippen LogP contribution in [0.5, 0.6) is 0 Å². The second kappa shape index (κ2) is 3.37. The van der Waals surface area contributed by atoms with E-state index in [1.807, 2.05) is 0 Å². The van der Waals surface area contributed by atoms with Gasteiger partial charge in [0.25, 0.3) is 0 Å². The van der Waals surface area contributed by atoms with Crippen molar-refractivity contribution < 1.29 is 4.92 Å². The molecular weight excluding hydrogens is 122 g/mol. The van der Waals surface area contributed by atoms with Gasteiger partial charge in [-0.15, -0.1) is 0 Å². The van der Waals surface area contributed by atoms with E-state index < -0.39 is 11.1 Å². The van der Waals surface area contributed by atoms with E-state index in [0.717, 1.165) is 0 Å². The molecule has 2 N–H and O–H groups in total. The summed E-state index contributed by atoms with van der Waals surface area (Å²) in [5.74, 6) is 0. The Balaban J connectivity index is 3.50. The maximum absolute atomic E-state index is 9.81. The van der Waals surface area contributed by atoms with Gasteiger partial charge in [0.05, 0.1) is 0 Å². The first kappa shape index (κ1) is 8.32. The minimum absolute atomic E-state index is 0.201. The first-order chi connectivity index (χ1) is 4.04. The molecule has 0 aliphatic heterocycles. The van der Waals surface area contributed by atoms with Gasteiger partial charge < -0.3 is 5.73 Å². The third kappa shape index (κ3) is 3.87. The lowest BCUT2D eigenvalue weighted by atomic mass is 10.5. The number of hydrogen-bond acceptors (Lipinski definition) is 4. The van der Waals surface area contributed by atoms with E-state index in [9.17, 15) is 10.1 Å². The maximum atomic E-state index is 9.81. The van der Waals surface area contributed by atoms with Gasteiger partial charge in [-0.3, -0.25) is 15.0 Å². The van der Waals surface area contributed by atoms with Gasteiger partial charge in [-0.2, -0.15) is 0 Å². The predicted octanol–water partition coefficient (Wildman–Crippen LogP) is -0.890. The van der Waals surface area contributed by atoms with Crippen molar-refractivity contribution in [2.45, 2.75) is 6.17 Å². The van der Waals surface area contributed by atoms with E-state index >= 15 is 0 Å². The van der Waals surface area contributed by atoms with E-state index in [1.165, 1.54) is 0 Å². The van der Waals surface area contributed by atoms with E-state index in [2.05, 4.69) is 0 Å². The molecule has 0 aliphatic carbocycles. The number of nitro groups is 1. The molecule has 0 aromatic carbocycles. The molecule has 0 spiro atoms. The lowest BCUT2D eigenvalue weighted by Gasteiger charge is -2.14. The van der Waals surface area contributed by atoms with Gasteiger partial charge in [0.2, 0.25) is 6.54 Å². The normalized spacial score (nSPS) is 13.8. The standard InChI is InChI=1S/C4H11N3O2/c1-6(2)4(5)3-7(8)9/h4H,3,5H2,1-2H3. The predicted molar refractivity (Wildman–Crippen MR) is 33.5 cm³/mol. The number of nitrogens with zero attached hydrogens (tertiary/aromatic N) is 2. The van der Waals surface area contributed by atoms with E-state index in [-0.39, 0.29) is 6.54 Å². The zero-order chi connectivity index (χ0) is 7.44. The quantitative estimate of drug-likeness (QED) is 0.308. The van der Waals surface area contributed by atoms with Gasteiger partial charge >= 0.3 is 0 Å². The molecule has 0 saturated carbocycles. The fourth-order valence-corrected chi connectivity index (χ4v) is 0.316. The van der Waals surface area contributed by atoms with Gasteiger partial charge in [0.1, 0.15) is 6.17 Å². The van der Waals surface area contributed by atoms with E-state index in [1.54, 1.807) is 19.0 Å². The molecule has 1 atom stereocenters. The van der Waals surface area contributed by atoms with E-state index in [0.29, 0.717) is 0 Å². The highest BCUT2D eigenvalue weighted by Gasteiger charge is 2.10. The third-order valence-electron chi connectivity index (χ3n) is 0.999. The highest BCUT2D eigenvalue weighted by Crippen LogP contribution is 1.82. The van der Waals surface area contributed by atoms with Gasteiger partial charge in [-0.1, -0.05) is 0 Å². The first-order valence-corrected chi connectivity index (χ1v) is 2.58. The van der Waals surface area contributed by atoms with Gasteiger partial charge in [-0.05, 0) is 14.1 Å². The Kier molecular flexibility index (Phi) is 3.11. The van der Waals surface area contributed by atoms with Crippen molar-refractivity contribution in [3.8, 4) is 0 Å². The summed E-state index contributed by atoms with van der Waals surface area (Å²) in [5, 5.41) is 9.81. The summed E-state index contributed by atoms with van der Waals surface area (Å²) >= 11 is 0. The molecular formula is C4H11N3O2. The molecule has 0 heterocycles. The average molecular weight is 133 g/mol. The second-order valence-corrected chi connectivity index (χ2v) is 2.05. The summed E-state index contributed by atoms with van der Waals surface area (Å²) in [6, 6.07) is 0. The monoisotopic (exact) mass is 133 g/mol. The largest absolute Gasteiger partial charge is 0.310 e. The lowest BCUT2D eigenvalue weighted by Crippen LogP contribution is -2.41. The molecule has 0 saturated heterocycles. The van der Waals surface area contributed by atoms with Crippen molar-refractivity contribution in [1.82, 2.24) is 4.90 Å². The first-order valence-electron chi connectivity index (χ1n) is 2.58. The Labute approximate surface area is 53.6 Å². The van der Waals surface area contributed by atoms with Crippen molar-refractivity contribution in [3.63, 3.8) is 0 Å². The third-order valence-corrected chi connectivity index (χ3v) is 0.999. The SMILES string of the molecule is CN(C)C(N)C[N+](=O)[O-]. The Morgan fingerprint density at radius 1 is 1.78 bits per heavy atom. The fourth-order valence-electron chi connectivity index (χ4n) is 0.316. The summed E-state index contributed by atoms with van der Waals surface area (Å²) in [6.07, 6.45) is -0.472. The van der Waals surface area contributed by atoms with Crippen LogP contribution in [0.15, 0.2) is 0 Å². The summed E-state index contributed by atoms with van der Waals surface area (Å²) in [4.78, 5) is 11.0. The Hall–Kier alpha value is -0.680. The van der Waals surface area contributed by atoms with Crippen molar-refractivity contribution in [1.29, 1.82) is 0 Å². The van der Waals surface area contributed by atoms with Crippen LogP contribution in [-0.2, 0) is 0 Å². The van der Waals surface area contributed by atoms with Gasteiger partial charge in [-0.25, -0.2) is 0 Å². The molecule has 5 nitrogen and oxygen atoms in total. The summed E-state index contributed by atoms with van der Waals surface area (Å²) in [6.45, 7) is -0.201. The van der Waals surface area contributed by atoms with Crippen LogP contribution in [0.3, 0.4) is 0 Å². The number of rotatable bonds is 3. The minimum atomic E-state index is -0.472. The molecule has 0 aliphatic rings. The smallest absolute Gasteiger partial charge is 0.231 e. The molecule has 0 radical (unpaired) electrons. The highest BCUT2D eigenvalue weighted by atomic mass is 16.6. The van der Waals surface area contributed by atoms with Crippen LogP contribution in [0.2, 0.25) is 0 Å². The van der Waals surface area contributed by atoms with Gasteiger partial charge in [0, 0.05) is 4.92 Å². The van der Waals surface area contributed by atoms with Crippen LogP contribution in [0.4, 0.5) is 0 Å². The fraction of sp³-hybridized carbons (Fsp3) is 1.00. The maximum Gasteiger partial charge on any atom is 0.231 e. The van der Waals surface area contributed by atoms with Crippen LogP contribution in [0.1, 0.15) is 0 Å². The topological polar surface area (TPSA) is 72.4 Å². The van der Waals surface area contributed by atoms with Crippen molar-refractivity contribution in [2.75, 3.05) is 20.6 Å². The van der Waals surface area contributed by atoms with Gasteiger partial charge in [0.15, 0.2) is 0 Å². The molecule has 9 heavy (non-hydrogen) atoms. The van der Waals surface area contributed by atoms with Crippen LogP contribution in [-0.4, -0.2) is 36.6 Å². The van der Waals surface area contributed by atoms with Crippen LogP contribution >= 0.6 is 0 Å². The molecule has 0 amide bonds. The molecule has 0 rings (SSSR count). The molecule has 0 aromatic rings. The molecule has 0 aromatic heterocycles. The van der Waals surface area contributed by atoms with Crippen molar-refractivity contribution >= 4 is 0 Å². The van der Waals surface area contributed by atoms with Crippen LogP contribution in [0.25, 0.3) is 0 Å². The van der Waals surface area contributed by atoms with Crippen LogP contribution in [0, 0.1) is 10.1 Å². The molecule has 1 unspecified atom stereocenters. The summed E-state index contributed by atoms with van der Waals surface area (Å²) in [7, 11) is 3.41. The Morgan fingerprint density at radius 3 is 2.33 bits per heavy atom.